The van der Waals surface area contributed by atoms with Crippen LogP contribution in [0.15, 0.2) is 24.3 Å². The van der Waals surface area contributed by atoms with Gasteiger partial charge in [0.1, 0.15) is 5.82 Å². The quantitative estimate of drug-likeness (QED) is 0.750. The van der Waals surface area contributed by atoms with E-state index in [2.05, 4.69) is 5.32 Å². The maximum Gasteiger partial charge on any atom is 0.317 e. The number of urea groups is 1. The lowest BCUT2D eigenvalue weighted by molar-refractivity contribution is -0.139. The molecule has 0 atom stereocenters. The first-order chi connectivity index (χ1) is 13.4. The molecule has 0 bridgehead atoms. The van der Waals surface area contributed by atoms with Crippen LogP contribution in [0.25, 0.3) is 0 Å². The molecule has 2 amide bonds. The maximum absolute atomic E-state index is 13.0. The summed E-state index contributed by atoms with van der Waals surface area (Å²) < 4.78 is 13.0. The van der Waals surface area contributed by atoms with Gasteiger partial charge in [0.2, 0.25) is 0 Å². The summed E-state index contributed by atoms with van der Waals surface area (Å²) in [6.45, 7) is 4.22. The zero-order valence-electron chi connectivity index (χ0n) is 16.4. The summed E-state index contributed by atoms with van der Waals surface area (Å²) in [5, 5.41) is 12.0. The number of carbonyl (C=O) groups excluding carboxylic acids is 1. The summed E-state index contributed by atoms with van der Waals surface area (Å²) >= 11 is 0. The molecular weight excluding hydrogens is 361 g/mol. The summed E-state index contributed by atoms with van der Waals surface area (Å²) in [4.78, 5) is 27.2. The van der Waals surface area contributed by atoms with Crippen LogP contribution in [0.5, 0.6) is 0 Å². The Morgan fingerprint density at radius 1 is 1.21 bits per heavy atom. The topological polar surface area (TPSA) is 72.9 Å². The molecule has 28 heavy (non-hydrogen) atoms. The van der Waals surface area contributed by atoms with E-state index in [4.69, 9.17) is 5.11 Å². The highest BCUT2D eigenvalue weighted by atomic mass is 19.1. The monoisotopic (exact) mass is 391 g/mol. The number of piperidine rings is 1. The van der Waals surface area contributed by atoms with Gasteiger partial charge in [-0.3, -0.25) is 9.69 Å². The minimum Gasteiger partial charge on any atom is -0.480 e. The number of amides is 2. The van der Waals surface area contributed by atoms with E-state index in [9.17, 15) is 14.0 Å². The van der Waals surface area contributed by atoms with E-state index >= 15 is 0 Å². The van der Waals surface area contributed by atoms with Crippen molar-refractivity contribution >= 4 is 12.0 Å². The lowest BCUT2D eigenvalue weighted by Crippen LogP contribution is -2.57. The van der Waals surface area contributed by atoms with Crippen LogP contribution in [-0.2, 0) is 11.2 Å². The molecule has 1 aromatic rings. The maximum atomic E-state index is 13.0. The second-order valence-electron chi connectivity index (χ2n) is 7.99. The van der Waals surface area contributed by atoms with Gasteiger partial charge in [-0.1, -0.05) is 19.1 Å². The largest absolute Gasteiger partial charge is 0.480 e. The van der Waals surface area contributed by atoms with Crippen LogP contribution in [0.4, 0.5) is 9.18 Å². The normalized spacial score (nSPS) is 22.8. The Hall–Kier alpha value is -2.15. The summed E-state index contributed by atoms with van der Waals surface area (Å²) in [6, 6.07) is 7.05. The summed E-state index contributed by atoms with van der Waals surface area (Å²) in [5.41, 5.74) is 1.15. The lowest BCUT2D eigenvalue weighted by Gasteiger charge is -2.43. The number of halogens is 1. The molecule has 1 aliphatic heterocycles. The highest BCUT2D eigenvalue weighted by Crippen LogP contribution is 2.27. The van der Waals surface area contributed by atoms with Crippen LogP contribution in [0.2, 0.25) is 0 Å². The standard InChI is InChI=1S/C21H30FN3O3/c1-2-24(14-20(26)27)19-12-18(13-19)23-21(28)25-9-7-16(8-10-25)11-15-3-5-17(22)6-4-15/h3-6,16,18-19H,2,7-14H2,1H3,(H,23,28)(H,26,27). The molecule has 0 spiro atoms. The molecule has 1 aliphatic carbocycles. The summed E-state index contributed by atoms with van der Waals surface area (Å²) in [7, 11) is 0. The van der Waals surface area contributed by atoms with Crippen LogP contribution in [0.3, 0.4) is 0 Å². The van der Waals surface area contributed by atoms with Crippen molar-refractivity contribution in [1.82, 2.24) is 15.1 Å². The molecule has 1 aromatic carbocycles. The van der Waals surface area contributed by atoms with Crippen molar-refractivity contribution < 1.29 is 19.1 Å². The van der Waals surface area contributed by atoms with E-state index in [-0.39, 0.29) is 30.5 Å². The number of likely N-dealkylation sites (tertiary alicyclic amines) is 1. The van der Waals surface area contributed by atoms with Crippen molar-refractivity contribution in [2.75, 3.05) is 26.2 Å². The molecule has 2 aliphatic rings. The number of benzene rings is 1. The van der Waals surface area contributed by atoms with Gasteiger partial charge in [-0.15, -0.1) is 0 Å². The fourth-order valence-corrected chi connectivity index (χ4v) is 4.24. The number of aliphatic carboxylic acids is 1. The van der Waals surface area contributed by atoms with Gasteiger partial charge in [0.15, 0.2) is 0 Å². The van der Waals surface area contributed by atoms with E-state index in [0.29, 0.717) is 12.5 Å². The SMILES string of the molecule is CCN(CC(=O)O)C1CC(NC(=O)N2CCC(Cc3ccc(F)cc3)CC2)C1. The number of nitrogens with one attached hydrogen (secondary N) is 1. The van der Waals surface area contributed by atoms with Crippen molar-refractivity contribution in [2.45, 2.75) is 51.1 Å². The third-order valence-corrected chi connectivity index (χ3v) is 6.04. The first kappa shape index (κ1) is 20.6. The smallest absolute Gasteiger partial charge is 0.317 e. The number of carboxylic acid groups (broad SMARTS) is 1. The van der Waals surface area contributed by atoms with Crippen LogP contribution >= 0.6 is 0 Å². The van der Waals surface area contributed by atoms with Crippen molar-refractivity contribution in [3.05, 3.63) is 35.6 Å². The van der Waals surface area contributed by atoms with Crippen LogP contribution in [0, 0.1) is 11.7 Å². The van der Waals surface area contributed by atoms with E-state index in [1.54, 1.807) is 0 Å². The second-order valence-corrected chi connectivity index (χ2v) is 7.99. The highest BCUT2D eigenvalue weighted by Gasteiger charge is 2.35. The number of nitrogens with zero attached hydrogens (tertiary/aromatic N) is 2. The van der Waals surface area contributed by atoms with Gasteiger partial charge in [-0.2, -0.15) is 0 Å². The average Bonchev–Trinajstić information content (AvgIpc) is 2.65. The molecule has 0 aromatic heterocycles. The molecule has 7 heteroatoms. The van der Waals surface area contributed by atoms with Gasteiger partial charge in [0.25, 0.3) is 0 Å². The lowest BCUT2D eigenvalue weighted by atomic mass is 9.85. The van der Waals surface area contributed by atoms with Gasteiger partial charge in [0, 0.05) is 25.2 Å². The van der Waals surface area contributed by atoms with E-state index in [1.165, 1.54) is 12.1 Å². The molecule has 2 N–H and O–H groups in total. The molecule has 2 fully saturated rings. The van der Waals surface area contributed by atoms with Crippen molar-refractivity contribution in [3.8, 4) is 0 Å². The first-order valence-corrected chi connectivity index (χ1v) is 10.2. The van der Waals surface area contributed by atoms with Crippen molar-refractivity contribution in [2.24, 2.45) is 5.92 Å². The van der Waals surface area contributed by atoms with Crippen LogP contribution < -0.4 is 5.32 Å². The Labute approximate surface area is 165 Å². The molecule has 1 saturated heterocycles. The number of carbonyl (C=O) groups is 2. The fraction of sp³-hybridized carbons (Fsp3) is 0.619. The summed E-state index contributed by atoms with van der Waals surface area (Å²) in [6.07, 6.45) is 4.47. The zero-order chi connectivity index (χ0) is 20.1. The predicted molar refractivity (Wildman–Crippen MR) is 105 cm³/mol. The van der Waals surface area contributed by atoms with Gasteiger partial charge in [-0.25, -0.2) is 9.18 Å². The fourth-order valence-electron chi connectivity index (χ4n) is 4.24. The predicted octanol–water partition coefficient (Wildman–Crippen LogP) is 2.73. The van der Waals surface area contributed by atoms with E-state index in [1.807, 2.05) is 28.9 Å². The number of likely N-dealkylation sites (N-methyl/N-ethyl adjacent to an activating group) is 1. The number of carboxylic acids is 1. The Bertz CT molecular complexity index is 668. The summed E-state index contributed by atoms with van der Waals surface area (Å²) in [5.74, 6) is -0.493. The Morgan fingerprint density at radius 3 is 2.43 bits per heavy atom. The number of hydrogen-bond acceptors (Lipinski definition) is 3. The van der Waals surface area contributed by atoms with Crippen LogP contribution in [0.1, 0.15) is 38.2 Å². The second kappa shape index (κ2) is 9.37. The highest BCUT2D eigenvalue weighted by molar-refractivity contribution is 5.74. The van der Waals surface area contributed by atoms with Crippen molar-refractivity contribution in [3.63, 3.8) is 0 Å². The van der Waals surface area contributed by atoms with Crippen LogP contribution in [-0.4, -0.2) is 65.2 Å². The van der Waals surface area contributed by atoms with E-state index in [0.717, 1.165) is 50.8 Å². The van der Waals surface area contributed by atoms with Gasteiger partial charge in [0.05, 0.1) is 6.54 Å². The molecule has 1 heterocycles. The number of hydrogen-bond donors (Lipinski definition) is 2. The van der Waals surface area contributed by atoms with Gasteiger partial charge in [-0.05, 0) is 62.3 Å². The van der Waals surface area contributed by atoms with Crippen molar-refractivity contribution in [1.29, 1.82) is 0 Å². The zero-order valence-corrected chi connectivity index (χ0v) is 16.4. The molecule has 0 radical (unpaired) electrons. The third kappa shape index (κ3) is 5.44. The molecule has 3 rings (SSSR count). The average molecular weight is 391 g/mol. The third-order valence-electron chi connectivity index (χ3n) is 6.04. The molecular formula is C21H30FN3O3. The molecule has 0 unspecified atom stereocenters. The Morgan fingerprint density at radius 2 is 1.86 bits per heavy atom. The Balaban J connectivity index is 1.36. The molecule has 6 nitrogen and oxygen atoms in total. The van der Waals surface area contributed by atoms with Gasteiger partial charge >= 0.3 is 12.0 Å². The van der Waals surface area contributed by atoms with Gasteiger partial charge < -0.3 is 15.3 Å². The molecule has 154 valence electrons. The number of rotatable bonds is 7. The Kier molecular flexibility index (Phi) is 6.88. The first-order valence-electron chi connectivity index (χ1n) is 10.2. The van der Waals surface area contributed by atoms with E-state index < -0.39 is 5.97 Å². The minimum atomic E-state index is -0.808. The molecule has 1 saturated carbocycles. The minimum absolute atomic E-state index is 0.00929.